The van der Waals surface area contributed by atoms with Crippen LogP contribution in [0.4, 0.5) is 0 Å². The summed E-state index contributed by atoms with van der Waals surface area (Å²) >= 11 is 2.19. The van der Waals surface area contributed by atoms with Crippen molar-refractivity contribution in [3.63, 3.8) is 0 Å². The first-order valence-electron chi connectivity index (χ1n) is 4.63. The maximum Gasteiger partial charge on any atom is 0.216 e. The van der Waals surface area contributed by atoms with Gasteiger partial charge in [0.1, 0.15) is 0 Å². The first-order valence-corrected chi connectivity index (χ1v) is 7.36. The lowest BCUT2D eigenvalue weighted by Gasteiger charge is -2.09. The lowest BCUT2D eigenvalue weighted by atomic mass is 10.2. The molecule has 0 fully saturated rings. The van der Waals surface area contributed by atoms with Crippen molar-refractivity contribution in [2.24, 2.45) is 0 Å². The van der Waals surface area contributed by atoms with E-state index in [0.717, 1.165) is 9.13 Å². The van der Waals surface area contributed by atoms with Crippen molar-refractivity contribution in [2.75, 3.05) is 0 Å². The third-order valence-electron chi connectivity index (χ3n) is 1.69. The van der Waals surface area contributed by atoms with Gasteiger partial charge in [-0.3, -0.25) is 0 Å². The quantitative estimate of drug-likeness (QED) is 0.855. The number of halogens is 1. The number of hydrogen-bond donors (Lipinski definition) is 1. The van der Waals surface area contributed by atoms with Crippen LogP contribution < -0.4 is 4.72 Å². The summed E-state index contributed by atoms with van der Waals surface area (Å²) in [5, 5.41) is 0. The highest BCUT2D eigenvalue weighted by atomic mass is 127. The summed E-state index contributed by atoms with van der Waals surface area (Å²) in [6.07, 6.45) is 0. The van der Waals surface area contributed by atoms with Crippen LogP contribution in [0.2, 0.25) is 0 Å². The number of hydrogen-bond acceptors (Lipinski definition) is 2. The molecule has 5 heteroatoms. The summed E-state index contributed by atoms with van der Waals surface area (Å²) in [5.74, 6) is 0.0437. The zero-order valence-corrected chi connectivity index (χ0v) is 11.7. The lowest BCUT2D eigenvalue weighted by molar-refractivity contribution is 0.569. The minimum Gasteiger partial charge on any atom is -0.212 e. The molecule has 84 valence electrons. The largest absolute Gasteiger partial charge is 0.216 e. The molecule has 0 unspecified atom stereocenters. The molecule has 0 spiro atoms. The van der Waals surface area contributed by atoms with Crippen molar-refractivity contribution in [1.82, 2.24) is 4.72 Å². The van der Waals surface area contributed by atoms with E-state index in [-0.39, 0.29) is 11.8 Å². The topological polar surface area (TPSA) is 46.2 Å². The van der Waals surface area contributed by atoms with Gasteiger partial charge in [-0.2, -0.15) is 0 Å². The Bertz CT molecular complexity index is 412. The van der Waals surface area contributed by atoms with E-state index in [1.54, 1.807) is 0 Å². The van der Waals surface area contributed by atoms with Crippen molar-refractivity contribution in [2.45, 2.75) is 25.6 Å². The van der Waals surface area contributed by atoms with Crippen LogP contribution in [-0.2, 0) is 15.8 Å². The molecule has 0 aliphatic rings. The lowest BCUT2D eigenvalue weighted by Crippen LogP contribution is -2.31. The molecule has 3 nitrogen and oxygen atoms in total. The van der Waals surface area contributed by atoms with E-state index in [2.05, 4.69) is 27.3 Å². The molecule has 0 amide bonds. The van der Waals surface area contributed by atoms with Crippen LogP contribution in [0, 0.1) is 3.57 Å². The first-order chi connectivity index (χ1) is 6.89. The fourth-order valence-electron chi connectivity index (χ4n) is 1.20. The molecule has 1 aromatic rings. The summed E-state index contributed by atoms with van der Waals surface area (Å²) < 4.78 is 26.8. The average Bonchev–Trinajstić information content (AvgIpc) is 2.06. The van der Waals surface area contributed by atoms with Crippen LogP contribution in [0.5, 0.6) is 0 Å². The zero-order chi connectivity index (χ0) is 11.5. The van der Waals surface area contributed by atoms with Gasteiger partial charge in [0.15, 0.2) is 0 Å². The highest BCUT2D eigenvalue weighted by Gasteiger charge is 2.12. The molecule has 0 radical (unpaired) electrons. The number of nitrogens with one attached hydrogen (secondary N) is 1. The zero-order valence-electron chi connectivity index (χ0n) is 8.70. The van der Waals surface area contributed by atoms with Gasteiger partial charge in [-0.05, 0) is 54.1 Å². The maximum atomic E-state index is 11.6. The number of rotatable bonds is 4. The van der Waals surface area contributed by atoms with Crippen LogP contribution in [-0.4, -0.2) is 14.5 Å². The Morgan fingerprint density at radius 2 is 1.80 bits per heavy atom. The van der Waals surface area contributed by atoms with E-state index >= 15 is 0 Å². The Labute approximate surface area is 104 Å². The van der Waals surface area contributed by atoms with E-state index < -0.39 is 10.0 Å². The molecule has 0 bridgehead atoms. The minimum atomic E-state index is -3.20. The molecule has 0 atom stereocenters. The van der Waals surface area contributed by atoms with Crippen molar-refractivity contribution < 1.29 is 8.42 Å². The maximum absolute atomic E-state index is 11.6. The molecular weight excluding hydrogens is 325 g/mol. The van der Waals surface area contributed by atoms with Gasteiger partial charge in [0, 0.05) is 9.61 Å². The number of sulfonamides is 1. The Morgan fingerprint density at radius 3 is 2.27 bits per heavy atom. The molecule has 1 aromatic carbocycles. The fraction of sp³-hybridized carbons (Fsp3) is 0.400. The van der Waals surface area contributed by atoms with Crippen LogP contribution in [0.1, 0.15) is 19.4 Å². The van der Waals surface area contributed by atoms with E-state index in [9.17, 15) is 8.42 Å². The fourth-order valence-corrected chi connectivity index (χ4v) is 2.99. The average molecular weight is 339 g/mol. The van der Waals surface area contributed by atoms with Gasteiger partial charge < -0.3 is 0 Å². The van der Waals surface area contributed by atoms with Gasteiger partial charge in [-0.25, -0.2) is 13.1 Å². The highest BCUT2D eigenvalue weighted by molar-refractivity contribution is 14.1. The second-order valence-corrected chi connectivity index (χ2v) is 6.66. The van der Waals surface area contributed by atoms with Crippen LogP contribution in [0.3, 0.4) is 0 Å². The molecule has 0 aromatic heterocycles. The van der Waals surface area contributed by atoms with Crippen molar-refractivity contribution >= 4 is 32.6 Å². The van der Waals surface area contributed by atoms with Gasteiger partial charge in [-0.1, -0.05) is 12.1 Å². The summed E-state index contributed by atoms with van der Waals surface area (Å²) in [6.45, 7) is 3.62. The van der Waals surface area contributed by atoms with Crippen molar-refractivity contribution in [1.29, 1.82) is 0 Å². The number of benzene rings is 1. The minimum absolute atomic E-state index is 0.0437. The van der Waals surface area contributed by atoms with Gasteiger partial charge >= 0.3 is 0 Å². The van der Waals surface area contributed by atoms with Gasteiger partial charge in [0.2, 0.25) is 10.0 Å². The Kier molecular flexibility index (Phi) is 4.54. The molecule has 15 heavy (non-hydrogen) atoms. The Morgan fingerprint density at radius 1 is 1.27 bits per heavy atom. The summed E-state index contributed by atoms with van der Waals surface area (Å²) in [4.78, 5) is 0. The first kappa shape index (κ1) is 12.9. The predicted octanol–water partition coefficient (Wildman–Crippen LogP) is 2.12. The van der Waals surface area contributed by atoms with Gasteiger partial charge in [0.05, 0.1) is 5.75 Å². The molecule has 0 saturated heterocycles. The molecule has 1 rings (SSSR count). The third-order valence-corrected chi connectivity index (χ3v) is 3.95. The van der Waals surface area contributed by atoms with Crippen LogP contribution >= 0.6 is 22.6 Å². The summed E-state index contributed by atoms with van der Waals surface area (Å²) in [6, 6.07) is 7.42. The van der Waals surface area contributed by atoms with E-state index in [0.29, 0.717) is 0 Å². The third kappa shape index (κ3) is 4.94. The van der Waals surface area contributed by atoms with E-state index in [4.69, 9.17) is 0 Å². The molecule has 0 aliphatic heterocycles. The molecular formula is C10H14INO2S. The van der Waals surface area contributed by atoms with Crippen molar-refractivity contribution in [3.8, 4) is 0 Å². The second kappa shape index (κ2) is 5.27. The van der Waals surface area contributed by atoms with Crippen LogP contribution in [0.25, 0.3) is 0 Å². The molecule has 0 aliphatic carbocycles. The van der Waals surface area contributed by atoms with E-state index in [1.807, 2.05) is 38.1 Å². The van der Waals surface area contributed by atoms with Crippen LogP contribution in [0.15, 0.2) is 24.3 Å². The van der Waals surface area contributed by atoms with Gasteiger partial charge in [-0.15, -0.1) is 0 Å². The molecule has 0 saturated carbocycles. The normalized spacial score (nSPS) is 12.0. The van der Waals surface area contributed by atoms with Crippen molar-refractivity contribution in [3.05, 3.63) is 33.4 Å². The second-order valence-electron chi connectivity index (χ2n) is 3.66. The van der Waals surface area contributed by atoms with E-state index in [1.165, 1.54) is 0 Å². The smallest absolute Gasteiger partial charge is 0.212 e. The van der Waals surface area contributed by atoms with Gasteiger partial charge in [0.25, 0.3) is 0 Å². The SMILES string of the molecule is CC(C)NS(=O)(=O)Cc1ccc(I)cc1. The predicted molar refractivity (Wildman–Crippen MR) is 70.1 cm³/mol. The Hall–Kier alpha value is -0.140. The Balaban J connectivity index is 2.73. The monoisotopic (exact) mass is 339 g/mol. The molecule has 1 N–H and O–H groups in total. The summed E-state index contributed by atoms with van der Waals surface area (Å²) in [7, 11) is -3.20. The summed E-state index contributed by atoms with van der Waals surface area (Å²) in [5.41, 5.74) is 0.809. The standard InChI is InChI=1S/C10H14INO2S/c1-8(2)12-15(13,14)7-9-3-5-10(11)6-4-9/h3-6,8,12H,7H2,1-2H3. The highest BCUT2D eigenvalue weighted by Crippen LogP contribution is 2.09. The molecule has 0 heterocycles.